The van der Waals surface area contributed by atoms with E-state index in [2.05, 4.69) is 10.3 Å². The molecule has 1 heterocycles. The van der Waals surface area contributed by atoms with Crippen LogP contribution in [-0.2, 0) is 0 Å². The van der Waals surface area contributed by atoms with Crippen molar-refractivity contribution in [2.24, 2.45) is 0 Å². The second kappa shape index (κ2) is 5.43. The molecule has 88 valence electrons. The normalized spacial score (nSPS) is 10.5. The van der Waals surface area contributed by atoms with Gasteiger partial charge in [-0.2, -0.15) is 0 Å². The van der Waals surface area contributed by atoms with Gasteiger partial charge < -0.3 is 20.5 Å². The van der Waals surface area contributed by atoms with E-state index in [4.69, 9.17) is 10.2 Å². The number of aromatic amines is 1. The Labute approximate surface area is 91.9 Å². The molecule has 0 unspecified atom stereocenters. The van der Waals surface area contributed by atoms with E-state index in [9.17, 15) is 9.59 Å². The number of aromatic nitrogens is 1. The molecule has 1 aromatic rings. The van der Waals surface area contributed by atoms with Gasteiger partial charge in [-0.1, -0.05) is 0 Å². The zero-order valence-corrected chi connectivity index (χ0v) is 8.86. The molecule has 0 aliphatic rings. The standard InChI is InChI=1S/C10H14N2O4/c1-6-2-9(15)8(3-11-6)10(16)12-7(4-13)5-14/h2-3,7,13-14H,4-5H2,1H3,(H,11,15)(H,12,16). The second-order valence-corrected chi connectivity index (χ2v) is 3.43. The molecule has 6 nitrogen and oxygen atoms in total. The maximum Gasteiger partial charge on any atom is 0.257 e. The van der Waals surface area contributed by atoms with Gasteiger partial charge in [0.25, 0.3) is 5.91 Å². The van der Waals surface area contributed by atoms with Gasteiger partial charge >= 0.3 is 0 Å². The summed E-state index contributed by atoms with van der Waals surface area (Å²) in [5.41, 5.74) is 0.211. The minimum absolute atomic E-state index is 0.0440. The molecule has 16 heavy (non-hydrogen) atoms. The number of aliphatic hydroxyl groups excluding tert-OH is 2. The van der Waals surface area contributed by atoms with Crippen molar-refractivity contribution in [1.29, 1.82) is 0 Å². The molecular weight excluding hydrogens is 212 g/mol. The van der Waals surface area contributed by atoms with E-state index >= 15 is 0 Å². The van der Waals surface area contributed by atoms with E-state index < -0.39 is 17.4 Å². The van der Waals surface area contributed by atoms with E-state index in [0.717, 1.165) is 0 Å². The van der Waals surface area contributed by atoms with Gasteiger partial charge in [-0.05, 0) is 6.92 Å². The molecule has 0 atom stereocenters. The molecule has 0 fully saturated rings. The van der Waals surface area contributed by atoms with E-state index in [0.29, 0.717) is 5.69 Å². The fourth-order valence-electron chi connectivity index (χ4n) is 1.16. The van der Waals surface area contributed by atoms with Crippen LogP contribution in [0.5, 0.6) is 0 Å². The van der Waals surface area contributed by atoms with Gasteiger partial charge in [0, 0.05) is 18.0 Å². The van der Waals surface area contributed by atoms with Crippen LogP contribution >= 0.6 is 0 Å². The molecular formula is C10H14N2O4. The van der Waals surface area contributed by atoms with Crippen LogP contribution in [-0.4, -0.2) is 40.4 Å². The highest BCUT2D eigenvalue weighted by Gasteiger charge is 2.14. The lowest BCUT2D eigenvalue weighted by Gasteiger charge is -2.12. The van der Waals surface area contributed by atoms with Gasteiger partial charge in [0.2, 0.25) is 0 Å². The van der Waals surface area contributed by atoms with E-state index in [-0.39, 0.29) is 18.8 Å². The first-order valence-corrected chi connectivity index (χ1v) is 4.80. The largest absolute Gasteiger partial charge is 0.394 e. The van der Waals surface area contributed by atoms with Gasteiger partial charge in [-0.25, -0.2) is 0 Å². The smallest absolute Gasteiger partial charge is 0.257 e. The third-order valence-corrected chi connectivity index (χ3v) is 2.08. The summed E-state index contributed by atoms with van der Waals surface area (Å²) in [5, 5.41) is 19.9. The van der Waals surface area contributed by atoms with Gasteiger partial charge in [-0.15, -0.1) is 0 Å². The van der Waals surface area contributed by atoms with Crippen molar-refractivity contribution in [3.63, 3.8) is 0 Å². The maximum absolute atomic E-state index is 11.6. The number of rotatable bonds is 4. The predicted octanol–water partition coefficient (Wildman–Crippen LogP) is -1.23. The Kier molecular flexibility index (Phi) is 4.21. The van der Waals surface area contributed by atoms with Gasteiger partial charge in [-0.3, -0.25) is 9.59 Å². The molecule has 1 aromatic heterocycles. The van der Waals surface area contributed by atoms with Crippen molar-refractivity contribution in [1.82, 2.24) is 10.3 Å². The molecule has 0 saturated heterocycles. The molecule has 4 N–H and O–H groups in total. The number of H-pyrrole nitrogens is 1. The van der Waals surface area contributed by atoms with E-state index in [1.165, 1.54) is 12.3 Å². The summed E-state index contributed by atoms with van der Waals surface area (Å²) in [6.45, 7) is 0.936. The number of carbonyl (C=O) groups excluding carboxylic acids is 1. The summed E-state index contributed by atoms with van der Waals surface area (Å²) < 4.78 is 0. The molecule has 0 aromatic carbocycles. The zero-order valence-electron chi connectivity index (χ0n) is 8.86. The quantitative estimate of drug-likeness (QED) is 0.516. The highest BCUT2D eigenvalue weighted by atomic mass is 16.3. The number of hydrogen-bond donors (Lipinski definition) is 4. The molecule has 0 aliphatic carbocycles. The number of aliphatic hydroxyl groups is 2. The minimum Gasteiger partial charge on any atom is -0.394 e. The van der Waals surface area contributed by atoms with Crippen molar-refractivity contribution < 1.29 is 15.0 Å². The van der Waals surface area contributed by atoms with Crippen molar-refractivity contribution in [2.75, 3.05) is 13.2 Å². The Morgan fingerprint density at radius 3 is 2.62 bits per heavy atom. The Morgan fingerprint density at radius 2 is 2.12 bits per heavy atom. The monoisotopic (exact) mass is 226 g/mol. The lowest BCUT2D eigenvalue weighted by molar-refractivity contribution is 0.0878. The highest BCUT2D eigenvalue weighted by Crippen LogP contribution is 1.93. The van der Waals surface area contributed by atoms with Crippen LogP contribution in [0.1, 0.15) is 16.1 Å². The average molecular weight is 226 g/mol. The third kappa shape index (κ3) is 2.91. The predicted molar refractivity (Wildman–Crippen MR) is 57.2 cm³/mol. The Balaban J connectivity index is 2.85. The average Bonchev–Trinajstić information content (AvgIpc) is 2.25. The Hall–Kier alpha value is -1.66. The summed E-state index contributed by atoms with van der Waals surface area (Å²) >= 11 is 0. The number of hydrogen-bond acceptors (Lipinski definition) is 4. The number of amides is 1. The van der Waals surface area contributed by atoms with Crippen LogP contribution in [0.3, 0.4) is 0 Å². The molecule has 0 aliphatic heterocycles. The van der Waals surface area contributed by atoms with Crippen LogP contribution in [0.4, 0.5) is 0 Å². The highest BCUT2D eigenvalue weighted by molar-refractivity contribution is 5.93. The molecule has 0 radical (unpaired) electrons. The van der Waals surface area contributed by atoms with Crippen LogP contribution in [0.25, 0.3) is 0 Å². The fourth-order valence-corrected chi connectivity index (χ4v) is 1.16. The van der Waals surface area contributed by atoms with Crippen molar-refractivity contribution in [2.45, 2.75) is 13.0 Å². The van der Waals surface area contributed by atoms with Crippen LogP contribution in [0.2, 0.25) is 0 Å². The summed E-state index contributed by atoms with van der Waals surface area (Å²) in [4.78, 5) is 25.7. The van der Waals surface area contributed by atoms with Crippen LogP contribution < -0.4 is 10.7 Å². The number of carbonyl (C=O) groups is 1. The van der Waals surface area contributed by atoms with Gasteiger partial charge in [0.1, 0.15) is 5.56 Å². The van der Waals surface area contributed by atoms with Crippen LogP contribution in [0, 0.1) is 6.92 Å². The zero-order chi connectivity index (χ0) is 12.1. The van der Waals surface area contributed by atoms with Crippen molar-refractivity contribution in [3.8, 4) is 0 Å². The first-order valence-electron chi connectivity index (χ1n) is 4.80. The number of aryl methyl sites for hydroxylation is 1. The summed E-state index contributed by atoms with van der Waals surface area (Å²) in [7, 11) is 0. The third-order valence-electron chi connectivity index (χ3n) is 2.08. The topological polar surface area (TPSA) is 102 Å². The molecule has 1 amide bonds. The first kappa shape index (κ1) is 12.4. The fraction of sp³-hybridized carbons (Fsp3) is 0.400. The SMILES string of the molecule is Cc1cc(=O)c(C(=O)NC(CO)CO)c[nH]1. The Morgan fingerprint density at radius 1 is 1.50 bits per heavy atom. The summed E-state index contributed by atoms with van der Waals surface area (Å²) in [6.07, 6.45) is 1.30. The van der Waals surface area contributed by atoms with Crippen molar-refractivity contribution >= 4 is 5.91 Å². The van der Waals surface area contributed by atoms with Gasteiger partial charge in [0.15, 0.2) is 5.43 Å². The number of nitrogens with one attached hydrogen (secondary N) is 2. The molecule has 0 saturated carbocycles. The van der Waals surface area contributed by atoms with E-state index in [1.807, 2.05) is 0 Å². The number of pyridine rings is 1. The minimum atomic E-state index is -0.756. The summed E-state index contributed by atoms with van der Waals surface area (Å²) in [5.74, 6) is -0.616. The molecule has 0 spiro atoms. The second-order valence-electron chi connectivity index (χ2n) is 3.43. The lowest BCUT2D eigenvalue weighted by Crippen LogP contribution is -2.41. The van der Waals surface area contributed by atoms with E-state index in [1.54, 1.807) is 6.92 Å². The summed E-state index contributed by atoms with van der Waals surface area (Å²) in [6, 6.07) is 0.551. The Bertz CT molecular complexity index is 423. The van der Waals surface area contributed by atoms with Gasteiger partial charge in [0.05, 0.1) is 19.3 Å². The lowest BCUT2D eigenvalue weighted by atomic mass is 10.2. The van der Waals surface area contributed by atoms with Crippen LogP contribution in [0.15, 0.2) is 17.1 Å². The van der Waals surface area contributed by atoms with Crippen molar-refractivity contribution in [3.05, 3.63) is 33.7 Å². The molecule has 1 rings (SSSR count). The molecule has 0 bridgehead atoms. The molecule has 6 heteroatoms. The first-order chi connectivity index (χ1) is 7.58. The maximum atomic E-state index is 11.6.